The molecule has 27 heavy (non-hydrogen) atoms. The van der Waals surface area contributed by atoms with E-state index < -0.39 is 0 Å². The molecule has 8 heteroatoms. The van der Waals surface area contributed by atoms with E-state index >= 15 is 0 Å². The van der Waals surface area contributed by atoms with Crippen LogP contribution in [-0.2, 0) is 16.1 Å². The van der Waals surface area contributed by atoms with Gasteiger partial charge in [0.25, 0.3) is 0 Å². The molecule has 1 aliphatic heterocycles. The lowest BCUT2D eigenvalue weighted by Gasteiger charge is -2.33. The van der Waals surface area contributed by atoms with Crippen molar-refractivity contribution in [1.29, 1.82) is 0 Å². The van der Waals surface area contributed by atoms with Gasteiger partial charge in [-0.05, 0) is 31.0 Å². The number of carbonyl (C=O) groups excluding carboxylic acids is 2. The second-order valence-corrected chi connectivity index (χ2v) is 7.56. The van der Waals surface area contributed by atoms with Gasteiger partial charge in [-0.3, -0.25) is 19.4 Å². The molecule has 148 valence electrons. The summed E-state index contributed by atoms with van der Waals surface area (Å²) in [6.07, 6.45) is 2.21. The molecule has 0 aromatic heterocycles. The number of hydrogen-bond acceptors (Lipinski definition) is 5. The summed E-state index contributed by atoms with van der Waals surface area (Å²) in [5, 5.41) is 6.55. The quantitative estimate of drug-likeness (QED) is 0.684. The molecule has 1 heterocycles. The minimum atomic E-state index is -0.0306. The van der Waals surface area contributed by atoms with Crippen LogP contribution in [0.1, 0.15) is 18.4 Å². The molecule has 1 saturated heterocycles. The van der Waals surface area contributed by atoms with Crippen molar-refractivity contribution in [3.8, 4) is 5.75 Å². The smallest absolute Gasteiger partial charge is 0.234 e. The zero-order chi connectivity index (χ0) is 19.2. The SMILES string of the molecule is COc1ccc(Cl)cc1CNC(=O)CN1CCN(CC(=O)NC2CC2)CC1. The Balaban J connectivity index is 1.36. The Hall–Kier alpha value is -1.83. The molecule has 0 atom stereocenters. The van der Waals surface area contributed by atoms with Crippen molar-refractivity contribution in [1.82, 2.24) is 20.4 Å². The van der Waals surface area contributed by atoms with Crippen molar-refractivity contribution in [3.63, 3.8) is 0 Å². The average Bonchev–Trinajstić information content (AvgIpc) is 3.45. The van der Waals surface area contributed by atoms with Gasteiger partial charge in [0.1, 0.15) is 5.75 Å². The Labute approximate surface area is 165 Å². The predicted molar refractivity (Wildman–Crippen MR) is 104 cm³/mol. The first-order valence-electron chi connectivity index (χ1n) is 9.36. The van der Waals surface area contributed by atoms with E-state index in [9.17, 15) is 9.59 Å². The standard InChI is InChI=1S/C19H27ClN4O3/c1-27-17-5-2-15(20)10-14(17)11-21-18(25)12-23-6-8-24(9-7-23)13-19(26)22-16-3-4-16/h2,5,10,16H,3-4,6-9,11-13H2,1H3,(H,21,25)(H,22,26). The van der Waals surface area contributed by atoms with Crippen LogP contribution in [0.25, 0.3) is 0 Å². The third-order valence-electron chi connectivity index (χ3n) is 4.86. The van der Waals surface area contributed by atoms with E-state index in [4.69, 9.17) is 16.3 Å². The van der Waals surface area contributed by atoms with E-state index in [1.165, 1.54) is 0 Å². The number of amides is 2. The number of methoxy groups -OCH3 is 1. The zero-order valence-electron chi connectivity index (χ0n) is 15.7. The molecule has 2 aliphatic rings. The minimum absolute atomic E-state index is 0.0306. The number of carbonyl (C=O) groups is 2. The second kappa shape index (κ2) is 9.39. The van der Waals surface area contributed by atoms with Gasteiger partial charge in [-0.15, -0.1) is 0 Å². The van der Waals surface area contributed by atoms with Crippen LogP contribution in [0.15, 0.2) is 18.2 Å². The Morgan fingerprint density at radius 1 is 1.11 bits per heavy atom. The van der Waals surface area contributed by atoms with E-state index in [-0.39, 0.29) is 11.8 Å². The van der Waals surface area contributed by atoms with Crippen LogP contribution < -0.4 is 15.4 Å². The van der Waals surface area contributed by atoms with Gasteiger partial charge < -0.3 is 15.4 Å². The third kappa shape index (κ3) is 6.37. The molecule has 2 N–H and O–H groups in total. The van der Waals surface area contributed by atoms with Gasteiger partial charge in [-0.2, -0.15) is 0 Å². The summed E-state index contributed by atoms with van der Waals surface area (Å²) in [5.74, 6) is 0.786. The van der Waals surface area contributed by atoms with Crippen molar-refractivity contribution in [2.75, 3.05) is 46.4 Å². The molecule has 3 rings (SSSR count). The molecule has 0 bridgehead atoms. The number of rotatable bonds is 8. The Kier molecular flexibility index (Phi) is 6.93. The monoisotopic (exact) mass is 394 g/mol. The molecule has 0 radical (unpaired) electrons. The molecule has 0 unspecified atom stereocenters. The maximum atomic E-state index is 12.3. The van der Waals surface area contributed by atoms with Gasteiger partial charge in [-0.25, -0.2) is 0 Å². The van der Waals surface area contributed by atoms with Crippen molar-refractivity contribution >= 4 is 23.4 Å². The number of halogens is 1. The minimum Gasteiger partial charge on any atom is -0.496 e. The summed E-state index contributed by atoms with van der Waals surface area (Å²) in [4.78, 5) is 28.4. The Morgan fingerprint density at radius 3 is 2.33 bits per heavy atom. The number of benzene rings is 1. The normalized spacial score (nSPS) is 18.1. The highest BCUT2D eigenvalue weighted by molar-refractivity contribution is 6.30. The van der Waals surface area contributed by atoms with Gasteiger partial charge in [0.2, 0.25) is 11.8 Å². The van der Waals surface area contributed by atoms with Gasteiger partial charge in [0, 0.05) is 49.4 Å². The van der Waals surface area contributed by atoms with E-state index in [0.29, 0.717) is 36.4 Å². The van der Waals surface area contributed by atoms with Crippen molar-refractivity contribution in [3.05, 3.63) is 28.8 Å². The van der Waals surface area contributed by atoms with Crippen LogP contribution in [0.5, 0.6) is 5.75 Å². The summed E-state index contributed by atoms with van der Waals surface area (Å²) >= 11 is 6.02. The van der Waals surface area contributed by atoms with Gasteiger partial charge in [0.05, 0.1) is 20.2 Å². The molecule has 2 fully saturated rings. The van der Waals surface area contributed by atoms with Crippen molar-refractivity contribution in [2.24, 2.45) is 0 Å². The fourth-order valence-electron chi connectivity index (χ4n) is 3.15. The molecule has 1 aromatic carbocycles. The zero-order valence-corrected chi connectivity index (χ0v) is 16.4. The van der Waals surface area contributed by atoms with Gasteiger partial charge in [-0.1, -0.05) is 11.6 Å². The lowest BCUT2D eigenvalue weighted by Crippen LogP contribution is -2.51. The number of ether oxygens (including phenoxy) is 1. The van der Waals surface area contributed by atoms with Crippen LogP contribution in [-0.4, -0.2) is 74.0 Å². The molecule has 2 amide bonds. The van der Waals surface area contributed by atoms with Crippen LogP contribution in [0.3, 0.4) is 0 Å². The Morgan fingerprint density at radius 2 is 1.74 bits per heavy atom. The van der Waals surface area contributed by atoms with E-state index in [1.807, 2.05) is 0 Å². The fraction of sp³-hybridized carbons (Fsp3) is 0.579. The number of nitrogens with zero attached hydrogens (tertiary/aromatic N) is 2. The first-order chi connectivity index (χ1) is 13.0. The molecular formula is C19H27ClN4O3. The predicted octanol–water partition coefficient (Wildman–Crippen LogP) is 0.861. The molecular weight excluding hydrogens is 368 g/mol. The van der Waals surface area contributed by atoms with Crippen molar-refractivity contribution in [2.45, 2.75) is 25.4 Å². The largest absolute Gasteiger partial charge is 0.496 e. The number of hydrogen-bond donors (Lipinski definition) is 2. The van der Waals surface area contributed by atoms with Crippen LogP contribution in [0, 0.1) is 0 Å². The van der Waals surface area contributed by atoms with E-state index in [0.717, 1.165) is 44.6 Å². The van der Waals surface area contributed by atoms with Crippen LogP contribution in [0.4, 0.5) is 0 Å². The van der Waals surface area contributed by atoms with E-state index in [2.05, 4.69) is 20.4 Å². The molecule has 1 saturated carbocycles. The molecule has 1 aliphatic carbocycles. The molecule has 7 nitrogen and oxygen atoms in total. The van der Waals surface area contributed by atoms with E-state index in [1.54, 1.807) is 25.3 Å². The highest BCUT2D eigenvalue weighted by Crippen LogP contribution is 2.22. The summed E-state index contributed by atoms with van der Waals surface area (Å²) < 4.78 is 5.30. The van der Waals surface area contributed by atoms with Gasteiger partial charge >= 0.3 is 0 Å². The summed E-state index contributed by atoms with van der Waals surface area (Å²) in [6, 6.07) is 5.76. The lowest BCUT2D eigenvalue weighted by molar-refractivity contribution is -0.125. The molecule has 0 spiro atoms. The summed E-state index contributed by atoms with van der Waals surface area (Å²) in [7, 11) is 1.60. The second-order valence-electron chi connectivity index (χ2n) is 7.13. The number of nitrogens with one attached hydrogen (secondary N) is 2. The highest BCUT2D eigenvalue weighted by Gasteiger charge is 2.25. The maximum absolute atomic E-state index is 12.3. The van der Waals surface area contributed by atoms with Gasteiger partial charge in [0.15, 0.2) is 0 Å². The van der Waals surface area contributed by atoms with Crippen LogP contribution >= 0.6 is 11.6 Å². The average molecular weight is 395 g/mol. The summed E-state index contributed by atoms with van der Waals surface area (Å²) in [5.41, 5.74) is 0.852. The highest BCUT2D eigenvalue weighted by atomic mass is 35.5. The summed E-state index contributed by atoms with van der Waals surface area (Å²) in [6.45, 7) is 4.34. The fourth-order valence-corrected chi connectivity index (χ4v) is 3.34. The first kappa shape index (κ1) is 19.9. The number of piperazine rings is 1. The Bertz CT molecular complexity index is 673. The third-order valence-corrected chi connectivity index (χ3v) is 5.10. The first-order valence-corrected chi connectivity index (χ1v) is 9.74. The topological polar surface area (TPSA) is 73.9 Å². The van der Waals surface area contributed by atoms with Crippen LogP contribution in [0.2, 0.25) is 5.02 Å². The molecule has 1 aromatic rings. The maximum Gasteiger partial charge on any atom is 0.234 e. The van der Waals surface area contributed by atoms with Crippen molar-refractivity contribution < 1.29 is 14.3 Å². The lowest BCUT2D eigenvalue weighted by atomic mass is 10.2.